The summed E-state index contributed by atoms with van der Waals surface area (Å²) in [6.45, 7) is 2.17. The number of rotatable bonds is 3. The highest BCUT2D eigenvalue weighted by atomic mass is 16.5. The van der Waals surface area contributed by atoms with E-state index in [1.807, 2.05) is 18.2 Å². The van der Waals surface area contributed by atoms with E-state index in [2.05, 4.69) is 10.2 Å². The van der Waals surface area contributed by atoms with Crippen molar-refractivity contribution >= 4 is 22.9 Å². The number of nitrogens with one attached hydrogen (secondary N) is 1. The van der Waals surface area contributed by atoms with Crippen LogP contribution in [0.25, 0.3) is 17.0 Å². The lowest BCUT2D eigenvalue weighted by Gasteiger charge is -1.96. The lowest BCUT2D eigenvalue weighted by atomic mass is 10.1. The van der Waals surface area contributed by atoms with Crippen LogP contribution in [0.5, 0.6) is 0 Å². The molecule has 0 aliphatic carbocycles. The van der Waals surface area contributed by atoms with Crippen molar-refractivity contribution in [3.05, 3.63) is 36.0 Å². The fourth-order valence-electron chi connectivity index (χ4n) is 1.48. The minimum atomic E-state index is -0.334. The molecule has 1 N–H and O–H groups in total. The fourth-order valence-corrected chi connectivity index (χ4v) is 1.48. The Morgan fingerprint density at radius 3 is 3.25 bits per heavy atom. The predicted molar refractivity (Wildman–Crippen MR) is 61.8 cm³/mol. The van der Waals surface area contributed by atoms with Crippen LogP contribution >= 0.6 is 0 Å². The molecule has 0 bridgehead atoms. The van der Waals surface area contributed by atoms with E-state index in [9.17, 15) is 4.79 Å². The molecule has 82 valence electrons. The first-order chi connectivity index (χ1) is 7.81. The molecule has 0 amide bonds. The molecule has 2 aromatic rings. The molecular weight excluding hydrogens is 204 g/mol. The number of benzene rings is 1. The van der Waals surface area contributed by atoms with Crippen LogP contribution in [0.15, 0.2) is 30.5 Å². The van der Waals surface area contributed by atoms with Crippen LogP contribution in [0.3, 0.4) is 0 Å². The number of carbonyl (C=O) groups is 1. The van der Waals surface area contributed by atoms with Crippen LogP contribution in [0.1, 0.15) is 12.5 Å². The molecule has 1 aromatic heterocycles. The first kappa shape index (κ1) is 10.4. The Hall–Kier alpha value is -2.10. The second-order valence-corrected chi connectivity index (χ2v) is 3.27. The Morgan fingerprint density at radius 1 is 1.56 bits per heavy atom. The monoisotopic (exact) mass is 216 g/mol. The number of aromatic amines is 1. The van der Waals surface area contributed by atoms with Gasteiger partial charge in [-0.1, -0.05) is 18.2 Å². The maximum absolute atomic E-state index is 11.2. The number of hydrogen-bond acceptors (Lipinski definition) is 3. The van der Waals surface area contributed by atoms with E-state index in [4.69, 9.17) is 4.74 Å². The van der Waals surface area contributed by atoms with Crippen molar-refractivity contribution in [2.24, 2.45) is 0 Å². The lowest BCUT2D eigenvalue weighted by Crippen LogP contribution is -1.98. The Labute approximate surface area is 92.9 Å². The van der Waals surface area contributed by atoms with Gasteiger partial charge in [-0.15, -0.1) is 0 Å². The average Bonchev–Trinajstić information content (AvgIpc) is 2.75. The number of fused-ring (bicyclic) bond motifs is 1. The van der Waals surface area contributed by atoms with Gasteiger partial charge in [0.2, 0.25) is 0 Å². The van der Waals surface area contributed by atoms with Crippen LogP contribution in [0.2, 0.25) is 0 Å². The summed E-state index contributed by atoms with van der Waals surface area (Å²) in [5, 5.41) is 7.86. The largest absolute Gasteiger partial charge is 0.463 e. The molecule has 16 heavy (non-hydrogen) atoms. The zero-order chi connectivity index (χ0) is 11.4. The molecule has 0 saturated heterocycles. The zero-order valence-corrected chi connectivity index (χ0v) is 8.93. The summed E-state index contributed by atoms with van der Waals surface area (Å²) in [5.41, 5.74) is 1.84. The summed E-state index contributed by atoms with van der Waals surface area (Å²) in [6.07, 6.45) is 4.88. The summed E-state index contributed by atoms with van der Waals surface area (Å²) in [4.78, 5) is 11.2. The van der Waals surface area contributed by atoms with Crippen LogP contribution in [0.4, 0.5) is 0 Å². The third kappa shape index (κ3) is 2.11. The van der Waals surface area contributed by atoms with Gasteiger partial charge in [-0.05, 0) is 13.0 Å². The van der Waals surface area contributed by atoms with Gasteiger partial charge in [0.15, 0.2) is 0 Å². The number of aromatic nitrogens is 2. The van der Waals surface area contributed by atoms with Crippen molar-refractivity contribution in [2.75, 3.05) is 6.61 Å². The Balaban J connectivity index is 2.27. The van der Waals surface area contributed by atoms with Gasteiger partial charge in [0.05, 0.1) is 18.3 Å². The average molecular weight is 216 g/mol. The van der Waals surface area contributed by atoms with E-state index in [1.54, 1.807) is 19.2 Å². The van der Waals surface area contributed by atoms with Crippen molar-refractivity contribution in [1.29, 1.82) is 0 Å². The number of hydrogen-bond donors (Lipinski definition) is 1. The first-order valence-electron chi connectivity index (χ1n) is 5.08. The van der Waals surface area contributed by atoms with E-state index < -0.39 is 0 Å². The maximum atomic E-state index is 11.2. The number of carbonyl (C=O) groups excluding carboxylic acids is 1. The predicted octanol–water partition coefficient (Wildman–Crippen LogP) is 2.14. The van der Waals surface area contributed by atoms with E-state index in [0.717, 1.165) is 16.5 Å². The lowest BCUT2D eigenvalue weighted by molar-refractivity contribution is -0.137. The fraction of sp³-hybridized carbons (Fsp3) is 0.167. The number of ether oxygens (including phenoxy) is 1. The normalized spacial score (nSPS) is 11.1. The van der Waals surface area contributed by atoms with Crippen LogP contribution in [0, 0.1) is 0 Å². The minimum Gasteiger partial charge on any atom is -0.463 e. The second-order valence-electron chi connectivity index (χ2n) is 3.27. The molecule has 1 aromatic carbocycles. The van der Waals surface area contributed by atoms with Crippen LogP contribution in [-0.2, 0) is 9.53 Å². The highest BCUT2D eigenvalue weighted by molar-refractivity contribution is 5.92. The van der Waals surface area contributed by atoms with Crippen molar-refractivity contribution in [2.45, 2.75) is 6.92 Å². The third-order valence-electron chi connectivity index (χ3n) is 2.19. The molecule has 4 heteroatoms. The van der Waals surface area contributed by atoms with Gasteiger partial charge in [0, 0.05) is 17.0 Å². The second kappa shape index (κ2) is 4.61. The molecule has 0 aliphatic rings. The number of nitrogens with zero attached hydrogens (tertiary/aromatic N) is 1. The molecule has 0 atom stereocenters. The number of H-pyrrole nitrogens is 1. The molecule has 0 aliphatic heterocycles. The molecule has 0 saturated carbocycles. The molecule has 4 nitrogen and oxygen atoms in total. The number of esters is 1. The van der Waals surface area contributed by atoms with Crippen LogP contribution in [-0.4, -0.2) is 22.8 Å². The Kier molecular flexibility index (Phi) is 3.00. The topological polar surface area (TPSA) is 55.0 Å². The summed E-state index contributed by atoms with van der Waals surface area (Å²) >= 11 is 0. The molecule has 0 spiro atoms. The molecule has 0 unspecified atom stereocenters. The standard InChI is InChI=1S/C12H12N2O2/c1-2-16-11(15)7-6-9-4-3-5-10-8-13-14-12(9)10/h3-8H,2H2,1H3,(H,13,14). The van der Waals surface area contributed by atoms with Gasteiger partial charge >= 0.3 is 5.97 Å². The van der Waals surface area contributed by atoms with Gasteiger partial charge < -0.3 is 4.74 Å². The van der Waals surface area contributed by atoms with Crippen molar-refractivity contribution in [3.8, 4) is 0 Å². The highest BCUT2D eigenvalue weighted by Gasteiger charge is 2.00. The molecule has 0 fully saturated rings. The Bertz CT molecular complexity index is 529. The van der Waals surface area contributed by atoms with Gasteiger partial charge in [-0.2, -0.15) is 5.10 Å². The smallest absolute Gasteiger partial charge is 0.330 e. The summed E-state index contributed by atoms with van der Waals surface area (Å²) in [6, 6.07) is 5.79. The van der Waals surface area contributed by atoms with Crippen LogP contribution < -0.4 is 0 Å². The van der Waals surface area contributed by atoms with E-state index in [-0.39, 0.29) is 5.97 Å². The Morgan fingerprint density at radius 2 is 2.44 bits per heavy atom. The van der Waals surface area contributed by atoms with Gasteiger partial charge in [0.25, 0.3) is 0 Å². The highest BCUT2D eigenvalue weighted by Crippen LogP contribution is 2.16. The summed E-state index contributed by atoms with van der Waals surface area (Å²) in [5.74, 6) is -0.334. The summed E-state index contributed by atoms with van der Waals surface area (Å²) < 4.78 is 4.81. The summed E-state index contributed by atoms with van der Waals surface area (Å²) in [7, 11) is 0. The van der Waals surface area contributed by atoms with Gasteiger partial charge in [-0.3, -0.25) is 5.10 Å². The molecule has 1 heterocycles. The van der Waals surface area contributed by atoms with Crippen molar-refractivity contribution in [1.82, 2.24) is 10.2 Å². The first-order valence-corrected chi connectivity index (χ1v) is 5.08. The van der Waals surface area contributed by atoms with Gasteiger partial charge in [-0.25, -0.2) is 4.79 Å². The third-order valence-corrected chi connectivity index (χ3v) is 2.19. The van der Waals surface area contributed by atoms with E-state index in [1.165, 1.54) is 6.08 Å². The molecule has 2 rings (SSSR count). The molecule has 0 radical (unpaired) electrons. The van der Waals surface area contributed by atoms with Crippen molar-refractivity contribution < 1.29 is 9.53 Å². The van der Waals surface area contributed by atoms with E-state index in [0.29, 0.717) is 6.61 Å². The SMILES string of the molecule is CCOC(=O)C=Cc1cccc2cn[nH]c12. The quantitative estimate of drug-likeness (QED) is 0.631. The molecular formula is C12H12N2O2. The minimum absolute atomic E-state index is 0.334. The maximum Gasteiger partial charge on any atom is 0.330 e. The number of para-hydroxylation sites is 1. The van der Waals surface area contributed by atoms with Gasteiger partial charge in [0.1, 0.15) is 0 Å². The zero-order valence-electron chi connectivity index (χ0n) is 8.93. The van der Waals surface area contributed by atoms with E-state index >= 15 is 0 Å². The van der Waals surface area contributed by atoms with Crippen molar-refractivity contribution in [3.63, 3.8) is 0 Å².